The van der Waals surface area contributed by atoms with Crippen LogP contribution in [0.25, 0.3) is 0 Å². The number of nitrogens with zero attached hydrogens (tertiary/aromatic N) is 2. The fourth-order valence-corrected chi connectivity index (χ4v) is 3.65. The SMILES string of the molecule is CCOC(=O)c1cnc2c(c1)C(=O)N([C@@H]1COCC[C@H]1Oc1ccc(F)cc1F)C2. The van der Waals surface area contributed by atoms with E-state index in [0.717, 1.165) is 12.1 Å². The topological polar surface area (TPSA) is 78.0 Å². The average Bonchev–Trinajstić information content (AvgIpc) is 3.06. The number of halogens is 2. The number of ether oxygens (including phenoxy) is 3. The lowest BCUT2D eigenvalue weighted by molar-refractivity contribution is -0.0440. The number of carbonyl (C=O) groups excluding carboxylic acids is 2. The standard InChI is InChI=1S/C21H20F2N2O5/c1-2-29-21(27)12-7-14-16(24-9-12)10-25(20(14)26)17-11-28-6-5-19(17)30-18-4-3-13(22)8-15(18)23/h3-4,7-9,17,19H,2,5-6,10-11H2,1H3/t17-,19-/m1/s1. The van der Waals surface area contributed by atoms with Gasteiger partial charge in [-0.3, -0.25) is 9.78 Å². The number of carbonyl (C=O) groups is 2. The van der Waals surface area contributed by atoms with E-state index in [2.05, 4.69) is 4.98 Å². The van der Waals surface area contributed by atoms with Crippen LogP contribution in [0.4, 0.5) is 8.78 Å². The molecule has 0 aliphatic carbocycles. The molecule has 0 radical (unpaired) electrons. The van der Waals surface area contributed by atoms with Crippen molar-refractivity contribution in [3.63, 3.8) is 0 Å². The minimum Gasteiger partial charge on any atom is -0.485 e. The van der Waals surface area contributed by atoms with Crippen LogP contribution in [-0.2, 0) is 16.0 Å². The Balaban J connectivity index is 1.55. The van der Waals surface area contributed by atoms with Crippen LogP contribution < -0.4 is 4.74 Å². The maximum atomic E-state index is 14.1. The van der Waals surface area contributed by atoms with Crippen LogP contribution in [0, 0.1) is 11.6 Å². The smallest absolute Gasteiger partial charge is 0.339 e. The first kappa shape index (κ1) is 20.2. The highest BCUT2D eigenvalue weighted by Crippen LogP contribution is 2.30. The highest BCUT2D eigenvalue weighted by Gasteiger charge is 2.40. The van der Waals surface area contributed by atoms with Crippen molar-refractivity contribution in [2.75, 3.05) is 19.8 Å². The Kier molecular flexibility index (Phi) is 5.63. The minimum absolute atomic E-state index is 0.0832. The molecule has 2 aromatic rings. The second kappa shape index (κ2) is 8.35. The fraction of sp³-hybridized carbons (Fsp3) is 0.381. The third-order valence-electron chi connectivity index (χ3n) is 5.13. The van der Waals surface area contributed by atoms with Gasteiger partial charge in [-0.1, -0.05) is 0 Å². The van der Waals surface area contributed by atoms with Gasteiger partial charge in [0, 0.05) is 18.7 Å². The van der Waals surface area contributed by atoms with Gasteiger partial charge >= 0.3 is 5.97 Å². The summed E-state index contributed by atoms with van der Waals surface area (Å²) in [4.78, 5) is 30.8. The molecule has 1 amide bonds. The van der Waals surface area contributed by atoms with Gasteiger partial charge in [-0.15, -0.1) is 0 Å². The molecule has 1 aromatic carbocycles. The van der Waals surface area contributed by atoms with Crippen LogP contribution >= 0.6 is 0 Å². The number of hydrogen-bond acceptors (Lipinski definition) is 6. The zero-order chi connectivity index (χ0) is 21.3. The van der Waals surface area contributed by atoms with E-state index in [1.54, 1.807) is 11.8 Å². The zero-order valence-electron chi connectivity index (χ0n) is 16.3. The van der Waals surface area contributed by atoms with Crippen molar-refractivity contribution in [1.82, 2.24) is 9.88 Å². The lowest BCUT2D eigenvalue weighted by atomic mass is 10.0. The van der Waals surface area contributed by atoms with E-state index in [-0.39, 0.29) is 37.0 Å². The molecule has 2 atom stereocenters. The highest BCUT2D eigenvalue weighted by atomic mass is 19.1. The Morgan fingerprint density at radius 3 is 2.93 bits per heavy atom. The number of pyridine rings is 1. The van der Waals surface area contributed by atoms with Gasteiger partial charge < -0.3 is 19.1 Å². The third kappa shape index (κ3) is 3.85. The quantitative estimate of drug-likeness (QED) is 0.695. The van der Waals surface area contributed by atoms with E-state index in [4.69, 9.17) is 14.2 Å². The first-order valence-corrected chi connectivity index (χ1v) is 9.64. The Morgan fingerprint density at radius 1 is 1.33 bits per heavy atom. The van der Waals surface area contributed by atoms with Crippen LogP contribution in [0.15, 0.2) is 30.5 Å². The van der Waals surface area contributed by atoms with Crippen molar-refractivity contribution in [2.45, 2.75) is 32.0 Å². The molecule has 0 saturated carbocycles. The van der Waals surface area contributed by atoms with Gasteiger partial charge in [0.25, 0.3) is 5.91 Å². The van der Waals surface area contributed by atoms with Gasteiger partial charge in [0.2, 0.25) is 0 Å². The first-order valence-electron chi connectivity index (χ1n) is 9.64. The maximum absolute atomic E-state index is 14.1. The number of benzene rings is 1. The molecule has 158 valence electrons. The van der Waals surface area contributed by atoms with Crippen LogP contribution in [0.2, 0.25) is 0 Å². The van der Waals surface area contributed by atoms with Crippen molar-refractivity contribution in [2.24, 2.45) is 0 Å². The minimum atomic E-state index is -0.808. The van der Waals surface area contributed by atoms with Crippen molar-refractivity contribution in [3.8, 4) is 5.75 Å². The molecule has 30 heavy (non-hydrogen) atoms. The fourth-order valence-electron chi connectivity index (χ4n) is 3.65. The molecule has 7 nitrogen and oxygen atoms in total. The molecule has 2 aliphatic rings. The molecule has 1 saturated heterocycles. The van der Waals surface area contributed by atoms with E-state index in [0.29, 0.717) is 24.3 Å². The molecular weight excluding hydrogens is 398 g/mol. The molecule has 3 heterocycles. The van der Waals surface area contributed by atoms with Gasteiger partial charge in [0.1, 0.15) is 11.9 Å². The first-order chi connectivity index (χ1) is 14.5. The Morgan fingerprint density at radius 2 is 2.17 bits per heavy atom. The van der Waals surface area contributed by atoms with Crippen molar-refractivity contribution < 1.29 is 32.6 Å². The number of esters is 1. The van der Waals surface area contributed by atoms with Crippen molar-refractivity contribution >= 4 is 11.9 Å². The number of amides is 1. The van der Waals surface area contributed by atoms with Gasteiger partial charge in [-0.05, 0) is 25.1 Å². The van der Waals surface area contributed by atoms with Crippen LogP contribution in [0.3, 0.4) is 0 Å². The number of rotatable bonds is 5. The summed E-state index contributed by atoms with van der Waals surface area (Å²) in [7, 11) is 0. The maximum Gasteiger partial charge on any atom is 0.339 e. The molecule has 9 heteroatoms. The van der Waals surface area contributed by atoms with E-state index in [1.807, 2.05) is 0 Å². The van der Waals surface area contributed by atoms with Crippen LogP contribution in [0.1, 0.15) is 39.8 Å². The monoisotopic (exact) mass is 418 g/mol. The lowest BCUT2D eigenvalue weighted by Gasteiger charge is -2.37. The Bertz CT molecular complexity index is 984. The summed E-state index contributed by atoms with van der Waals surface area (Å²) in [6.45, 7) is 2.73. The van der Waals surface area contributed by atoms with Crippen LogP contribution in [0.5, 0.6) is 5.75 Å². The molecule has 0 N–H and O–H groups in total. The molecule has 1 fully saturated rings. The predicted octanol–water partition coefficient (Wildman–Crippen LogP) is 2.73. The van der Waals surface area contributed by atoms with E-state index >= 15 is 0 Å². The van der Waals surface area contributed by atoms with Gasteiger partial charge in [0.05, 0.1) is 49.2 Å². The van der Waals surface area contributed by atoms with E-state index in [9.17, 15) is 18.4 Å². The summed E-state index contributed by atoms with van der Waals surface area (Å²) in [5.74, 6) is -2.45. The number of fused-ring (bicyclic) bond motifs is 1. The van der Waals surface area contributed by atoms with Gasteiger partial charge in [-0.25, -0.2) is 13.6 Å². The zero-order valence-corrected chi connectivity index (χ0v) is 16.3. The molecule has 0 spiro atoms. The Hall–Kier alpha value is -3.07. The molecule has 0 bridgehead atoms. The second-order valence-corrected chi connectivity index (χ2v) is 7.03. The van der Waals surface area contributed by atoms with Gasteiger partial charge in [-0.2, -0.15) is 0 Å². The summed E-state index contributed by atoms with van der Waals surface area (Å²) in [6, 6.07) is 4.08. The largest absolute Gasteiger partial charge is 0.485 e. The number of aromatic nitrogens is 1. The van der Waals surface area contributed by atoms with Gasteiger partial charge in [0.15, 0.2) is 11.6 Å². The molecule has 2 aliphatic heterocycles. The number of hydrogen-bond donors (Lipinski definition) is 0. The predicted molar refractivity (Wildman–Crippen MR) is 100 cm³/mol. The summed E-state index contributed by atoms with van der Waals surface area (Å²) in [5, 5.41) is 0. The Labute approximate surface area is 171 Å². The molecule has 4 rings (SSSR count). The summed E-state index contributed by atoms with van der Waals surface area (Å²) >= 11 is 0. The summed E-state index contributed by atoms with van der Waals surface area (Å²) in [6.07, 6.45) is 1.28. The molecule has 1 aromatic heterocycles. The third-order valence-corrected chi connectivity index (χ3v) is 5.13. The van der Waals surface area contributed by atoms with Crippen LogP contribution in [-0.4, -0.2) is 53.7 Å². The van der Waals surface area contributed by atoms with Crippen molar-refractivity contribution in [3.05, 3.63) is 58.9 Å². The average molecular weight is 418 g/mol. The second-order valence-electron chi connectivity index (χ2n) is 7.03. The highest BCUT2D eigenvalue weighted by molar-refractivity contribution is 6.00. The lowest BCUT2D eigenvalue weighted by Crippen LogP contribution is -2.52. The van der Waals surface area contributed by atoms with Crippen molar-refractivity contribution in [1.29, 1.82) is 0 Å². The van der Waals surface area contributed by atoms with E-state index in [1.165, 1.54) is 18.3 Å². The summed E-state index contributed by atoms with van der Waals surface area (Å²) < 4.78 is 43.5. The van der Waals surface area contributed by atoms with E-state index < -0.39 is 29.7 Å². The normalized spacial score (nSPS) is 20.8. The summed E-state index contributed by atoms with van der Waals surface area (Å²) in [5.41, 5.74) is 1.05. The molecule has 0 unspecified atom stereocenters. The molecular formula is C21H20F2N2O5.